The van der Waals surface area contributed by atoms with Gasteiger partial charge >= 0.3 is 5.97 Å². The van der Waals surface area contributed by atoms with Crippen molar-refractivity contribution in [3.8, 4) is 11.5 Å². The van der Waals surface area contributed by atoms with Gasteiger partial charge in [0.2, 0.25) is 0 Å². The summed E-state index contributed by atoms with van der Waals surface area (Å²) in [6.07, 6.45) is 0.469. The lowest BCUT2D eigenvalue weighted by molar-refractivity contribution is -0.141. The Bertz CT molecular complexity index is 840. The fourth-order valence-corrected chi connectivity index (χ4v) is 3.11. The first kappa shape index (κ1) is 18.8. The number of aliphatic carboxylic acids is 1. The van der Waals surface area contributed by atoms with Crippen LogP contribution in [0.2, 0.25) is 0 Å². The van der Waals surface area contributed by atoms with Gasteiger partial charge in [0.1, 0.15) is 12.4 Å². The second kappa shape index (κ2) is 7.69. The lowest BCUT2D eigenvalue weighted by Crippen LogP contribution is -2.29. The first-order valence-electron chi connectivity index (χ1n) is 8.65. The van der Waals surface area contributed by atoms with Crippen molar-refractivity contribution in [2.45, 2.75) is 26.9 Å². The van der Waals surface area contributed by atoms with Crippen LogP contribution in [0.4, 0.5) is 0 Å². The van der Waals surface area contributed by atoms with Gasteiger partial charge in [0.25, 0.3) is 5.91 Å². The quantitative estimate of drug-likeness (QED) is 0.828. The number of hydrogen-bond donors (Lipinski definition) is 1. The molecule has 1 aliphatic rings. The van der Waals surface area contributed by atoms with Gasteiger partial charge in [0, 0.05) is 18.7 Å². The standard InChI is InChI=1S/C19H22N2O6/c1-11-15(12(2)27-20-11)10-26-16-5-4-13(8-17(16)25-3)18(22)21-7-6-14(9-21)19(23)24/h4-5,8,14H,6-7,9-10H2,1-3H3,(H,23,24)/t14-/m0/s1. The average molecular weight is 374 g/mol. The van der Waals surface area contributed by atoms with Crippen molar-refractivity contribution >= 4 is 11.9 Å². The molecule has 1 amide bonds. The van der Waals surface area contributed by atoms with Gasteiger partial charge in [-0.15, -0.1) is 0 Å². The molecular formula is C19H22N2O6. The second-order valence-corrected chi connectivity index (χ2v) is 6.53. The molecule has 8 nitrogen and oxygen atoms in total. The summed E-state index contributed by atoms with van der Waals surface area (Å²) in [4.78, 5) is 25.3. The zero-order valence-corrected chi connectivity index (χ0v) is 15.5. The molecular weight excluding hydrogens is 352 g/mol. The van der Waals surface area contributed by atoms with E-state index < -0.39 is 11.9 Å². The van der Waals surface area contributed by atoms with Gasteiger partial charge in [-0.3, -0.25) is 9.59 Å². The van der Waals surface area contributed by atoms with Crippen LogP contribution in [0.15, 0.2) is 22.7 Å². The highest BCUT2D eigenvalue weighted by atomic mass is 16.5. The number of amides is 1. The van der Waals surface area contributed by atoms with Crippen molar-refractivity contribution in [1.82, 2.24) is 10.1 Å². The minimum absolute atomic E-state index is 0.214. The third-order valence-corrected chi connectivity index (χ3v) is 4.79. The van der Waals surface area contributed by atoms with Gasteiger partial charge in [-0.1, -0.05) is 5.16 Å². The van der Waals surface area contributed by atoms with Crippen LogP contribution < -0.4 is 9.47 Å². The van der Waals surface area contributed by atoms with E-state index in [1.165, 1.54) is 7.11 Å². The van der Waals surface area contributed by atoms with Gasteiger partial charge in [-0.05, 0) is 38.5 Å². The molecule has 144 valence electrons. The molecule has 0 spiro atoms. The summed E-state index contributed by atoms with van der Waals surface area (Å²) in [5.41, 5.74) is 2.07. The van der Waals surface area contributed by atoms with Crippen LogP contribution in [0.3, 0.4) is 0 Å². The average Bonchev–Trinajstić information content (AvgIpc) is 3.27. The van der Waals surface area contributed by atoms with Crippen LogP contribution >= 0.6 is 0 Å². The second-order valence-electron chi connectivity index (χ2n) is 6.53. The molecule has 1 saturated heterocycles. The molecule has 0 unspecified atom stereocenters. The third-order valence-electron chi connectivity index (χ3n) is 4.79. The summed E-state index contributed by atoms with van der Waals surface area (Å²) >= 11 is 0. The highest BCUT2D eigenvalue weighted by molar-refractivity contribution is 5.95. The fourth-order valence-electron chi connectivity index (χ4n) is 3.11. The number of nitrogens with zero attached hydrogens (tertiary/aromatic N) is 2. The van der Waals surface area contributed by atoms with Crippen molar-refractivity contribution < 1.29 is 28.7 Å². The predicted molar refractivity (Wildman–Crippen MR) is 94.9 cm³/mol. The maximum Gasteiger partial charge on any atom is 0.308 e. The van der Waals surface area contributed by atoms with Crippen molar-refractivity contribution in [3.05, 3.63) is 40.8 Å². The van der Waals surface area contributed by atoms with Crippen molar-refractivity contribution in [2.24, 2.45) is 5.92 Å². The Hall–Kier alpha value is -3.03. The number of aromatic nitrogens is 1. The Kier molecular flexibility index (Phi) is 5.34. The lowest BCUT2D eigenvalue weighted by atomic mass is 10.1. The van der Waals surface area contributed by atoms with Crippen molar-refractivity contribution in [2.75, 3.05) is 20.2 Å². The first-order valence-corrected chi connectivity index (χ1v) is 8.65. The summed E-state index contributed by atoms with van der Waals surface area (Å²) in [5, 5.41) is 13.0. The number of carbonyl (C=O) groups excluding carboxylic acids is 1. The van der Waals surface area contributed by atoms with Gasteiger partial charge in [-0.2, -0.15) is 0 Å². The molecule has 2 aromatic rings. The van der Waals surface area contributed by atoms with E-state index in [1.54, 1.807) is 23.1 Å². The van der Waals surface area contributed by atoms with Crippen LogP contribution in [0.5, 0.6) is 11.5 Å². The monoisotopic (exact) mass is 374 g/mol. The number of rotatable bonds is 6. The SMILES string of the molecule is COc1cc(C(=O)N2CC[C@H](C(=O)O)C2)ccc1OCc1c(C)noc1C. The number of benzene rings is 1. The van der Waals surface area contributed by atoms with E-state index in [0.29, 0.717) is 35.8 Å². The molecule has 1 fully saturated rings. The van der Waals surface area contributed by atoms with E-state index in [9.17, 15) is 9.59 Å². The number of carboxylic acid groups (broad SMARTS) is 1. The molecule has 1 aromatic carbocycles. The first-order chi connectivity index (χ1) is 12.9. The van der Waals surface area contributed by atoms with Crippen molar-refractivity contribution in [3.63, 3.8) is 0 Å². The van der Waals surface area contributed by atoms with Crippen molar-refractivity contribution in [1.29, 1.82) is 0 Å². The Balaban J connectivity index is 1.72. The van der Waals surface area contributed by atoms with E-state index in [-0.39, 0.29) is 19.1 Å². The van der Waals surface area contributed by atoms with Gasteiger partial charge in [-0.25, -0.2) is 0 Å². The topological polar surface area (TPSA) is 102 Å². The molecule has 1 aromatic heterocycles. The minimum Gasteiger partial charge on any atom is -0.493 e. The number of carboxylic acids is 1. The number of carbonyl (C=O) groups is 2. The number of hydrogen-bond acceptors (Lipinski definition) is 6. The Morgan fingerprint density at radius 2 is 2.11 bits per heavy atom. The highest BCUT2D eigenvalue weighted by Gasteiger charge is 2.31. The molecule has 8 heteroatoms. The molecule has 1 N–H and O–H groups in total. The maximum atomic E-state index is 12.6. The van der Waals surface area contributed by atoms with E-state index in [1.807, 2.05) is 13.8 Å². The third kappa shape index (κ3) is 3.89. The Morgan fingerprint density at radius 1 is 1.33 bits per heavy atom. The summed E-state index contributed by atoms with van der Waals surface area (Å²) in [6.45, 7) is 4.59. The number of methoxy groups -OCH3 is 1. The predicted octanol–water partition coefficient (Wildman–Crippen LogP) is 2.43. The summed E-state index contributed by atoms with van der Waals surface area (Å²) in [5.74, 6) is 0.0366. The zero-order chi connectivity index (χ0) is 19.6. The fraction of sp³-hybridized carbons (Fsp3) is 0.421. The Morgan fingerprint density at radius 3 is 2.70 bits per heavy atom. The molecule has 1 atom stereocenters. The van der Waals surface area contributed by atoms with E-state index in [4.69, 9.17) is 19.1 Å². The molecule has 2 heterocycles. The molecule has 0 radical (unpaired) electrons. The van der Waals surface area contributed by atoms with E-state index >= 15 is 0 Å². The molecule has 3 rings (SSSR count). The maximum absolute atomic E-state index is 12.6. The molecule has 1 aliphatic heterocycles. The summed E-state index contributed by atoms with van der Waals surface area (Å²) in [7, 11) is 1.50. The molecule has 27 heavy (non-hydrogen) atoms. The van der Waals surface area contributed by atoms with Gasteiger partial charge < -0.3 is 24.0 Å². The number of aryl methyl sites for hydroxylation is 2. The van der Waals surface area contributed by atoms with Gasteiger partial charge in [0.05, 0.1) is 24.3 Å². The van der Waals surface area contributed by atoms with Crippen LogP contribution in [0.1, 0.15) is 33.8 Å². The largest absolute Gasteiger partial charge is 0.493 e. The van der Waals surface area contributed by atoms with Crippen LogP contribution in [0.25, 0.3) is 0 Å². The summed E-state index contributed by atoms with van der Waals surface area (Å²) in [6, 6.07) is 4.94. The smallest absolute Gasteiger partial charge is 0.308 e. The highest BCUT2D eigenvalue weighted by Crippen LogP contribution is 2.30. The summed E-state index contributed by atoms with van der Waals surface area (Å²) < 4.78 is 16.3. The van der Waals surface area contributed by atoms with Crippen LogP contribution in [-0.2, 0) is 11.4 Å². The molecule has 0 bridgehead atoms. The van der Waals surface area contributed by atoms with Crippen LogP contribution in [-0.4, -0.2) is 47.2 Å². The molecule has 0 aliphatic carbocycles. The van der Waals surface area contributed by atoms with Crippen LogP contribution in [0, 0.1) is 19.8 Å². The normalized spacial score (nSPS) is 16.4. The number of likely N-dealkylation sites (tertiary alicyclic amines) is 1. The number of ether oxygens (including phenoxy) is 2. The Labute approximate surface area is 156 Å². The zero-order valence-electron chi connectivity index (χ0n) is 15.5. The van der Waals surface area contributed by atoms with E-state index in [0.717, 1.165) is 11.3 Å². The van der Waals surface area contributed by atoms with E-state index in [2.05, 4.69) is 5.16 Å². The lowest BCUT2D eigenvalue weighted by Gasteiger charge is -2.17. The molecule has 0 saturated carbocycles. The van der Waals surface area contributed by atoms with Gasteiger partial charge in [0.15, 0.2) is 11.5 Å². The minimum atomic E-state index is -0.869.